The van der Waals surface area contributed by atoms with Gasteiger partial charge in [0.25, 0.3) is 0 Å². The number of rotatable bonds is 10. The van der Waals surface area contributed by atoms with E-state index in [0.717, 1.165) is 25.3 Å². The van der Waals surface area contributed by atoms with Gasteiger partial charge in [0.15, 0.2) is 0 Å². The number of nitrogens with zero attached hydrogens (tertiary/aromatic N) is 1. The Bertz CT molecular complexity index is 374. The standard InChI is InChI=1S/C17H28ClNO.ClH/c1-4-6-7-10-16-11-8-9-12-17(16)20-15(3)19(5-2)14-13-18;/h8-9,11-12,15H,4-7,10,13-14H2,1-3H3;1H. The average molecular weight is 334 g/mol. The largest absolute Gasteiger partial charge is 0.475 e. The highest BCUT2D eigenvalue weighted by molar-refractivity contribution is 6.18. The van der Waals surface area contributed by atoms with Crippen molar-refractivity contribution in [1.29, 1.82) is 0 Å². The maximum atomic E-state index is 6.15. The number of para-hydroxylation sites is 1. The molecule has 122 valence electrons. The molecule has 0 aliphatic carbocycles. The zero-order chi connectivity index (χ0) is 14.8. The molecule has 4 heteroatoms. The van der Waals surface area contributed by atoms with E-state index in [1.54, 1.807) is 0 Å². The van der Waals surface area contributed by atoms with Crippen LogP contribution in [-0.4, -0.2) is 30.1 Å². The van der Waals surface area contributed by atoms with Crippen molar-refractivity contribution < 1.29 is 4.74 Å². The Labute approximate surface area is 141 Å². The normalized spacial score (nSPS) is 12.0. The minimum atomic E-state index is 0. The molecule has 0 aromatic heterocycles. The molecule has 1 aromatic rings. The molecule has 0 amide bonds. The van der Waals surface area contributed by atoms with Crippen molar-refractivity contribution in [1.82, 2.24) is 4.90 Å². The van der Waals surface area contributed by atoms with Crippen LogP contribution in [0.4, 0.5) is 0 Å². The van der Waals surface area contributed by atoms with Gasteiger partial charge >= 0.3 is 0 Å². The second-order valence-electron chi connectivity index (χ2n) is 5.10. The molecular weight excluding hydrogens is 305 g/mol. The molecule has 1 unspecified atom stereocenters. The number of hydrogen-bond donors (Lipinski definition) is 0. The summed E-state index contributed by atoms with van der Waals surface area (Å²) in [7, 11) is 0. The Hall–Kier alpha value is -0.440. The molecule has 1 atom stereocenters. The monoisotopic (exact) mass is 333 g/mol. The van der Waals surface area contributed by atoms with E-state index in [1.165, 1.54) is 24.8 Å². The first-order valence-corrected chi connectivity index (χ1v) is 8.30. The van der Waals surface area contributed by atoms with E-state index in [9.17, 15) is 0 Å². The van der Waals surface area contributed by atoms with Crippen molar-refractivity contribution >= 4 is 24.0 Å². The van der Waals surface area contributed by atoms with E-state index >= 15 is 0 Å². The van der Waals surface area contributed by atoms with Crippen LogP contribution in [0.3, 0.4) is 0 Å². The lowest BCUT2D eigenvalue weighted by Crippen LogP contribution is -2.38. The Morgan fingerprint density at radius 1 is 1.19 bits per heavy atom. The fourth-order valence-corrected chi connectivity index (χ4v) is 2.57. The quantitative estimate of drug-likeness (QED) is 0.334. The van der Waals surface area contributed by atoms with E-state index in [-0.39, 0.29) is 18.6 Å². The fraction of sp³-hybridized carbons (Fsp3) is 0.647. The Morgan fingerprint density at radius 2 is 1.90 bits per heavy atom. The lowest BCUT2D eigenvalue weighted by molar-refractivity contribution is 0.0478. The molecule has 0 fully saturated rings. The Morgan fingerprint density at radius 3 is 2.52 bits per heavy atom. The van der Waals surface area contributed by atoms with Crippen LogP contribution in [0.1, 0.15) is 45.6 Å². The summed E-state index contributed by atoms with van der Waals surface area (Å²) >= 11 is 5.84. The van der Waals surface area contributed by atoms with Gasteiger partial charge in [0, 0.05) is 12.4 Å². The van der Waals surface area contributed by atoms with Gasteiger partial charge in [-0.3, -0.25) is 4.90 Å². The van der Waals surface area contributed by atoms with Gasteiger partial charge < -0.3 is 4.74 Å². The van der Waals surface area contributed by atoms with Crippen molar-refractivity contribution in [2.24, 2.45) is 0 Å². The minimum Gasteiger partial charge on any atom is -0.475 e. The molecule has 0 spiro atoms. The molecule has 0 aliphatic rings. The minimum absolute atomic E-state index is 0. The van der Waals surface area contributed by atoms with Gasteiger partial charge in [-0.05, 0) is 37.9 Å². The number of benzene rings is 1. The van der Waals surface area contributed by atoms with Crippen LogP contribution < -0.4 is 4.74 Å². The predicted molar refractivity (Wildman–Crippen MR) is 95.0 cm³/mol. The lowest BCUT2D eigenvalue weighted by atomic mass is 10.1. The Kier molecular flexibility index (Phi) is 11.9. The first kappa shape index (κ1) is 20.6. The maximum Gasteiger partial charge on any atom is 0.149 e. The van der Waals surface area contributed by atoms with Crippen LogP contribution in [0, 0.1) is 0 Å². The van der Waals surface area contributed by atoms with Crippen LogP contribution in [0.15, 0.2) is 24.3 Å². The van der Waals surface area contributed by atoms with Gasteiger partial charge in [-0.15, -0.1) is 24.0 Å². The molecular formula is C17H29Cl2NO. The molecule has 0 aliphatic heterocycles. The van der Waals surface area contributed by atoms with Crippen molar-refractivity contribution in [3.8, 4) is 5.75 Å². The summed E-state index contributed by atoms with van der Waals surface area (Å²) in [6.07, 6.45) is 4.91. The first-order chi connectivity index (χ1) is 9.72. The molecule has 21 heavy (non-hydrogen) atoms. The van der Waals surface area contributed by atoms with Gasteiger partial charge in [0.1, 0.15) is 12.0 Å². The van der Waals surface area contributed by atoms with E-state index in [1.807, 2.05) is 6.07 Å². The van der Waals surface area contributed by atoms with E-state index in [2.05, 4.69) is 43.9 Å². The number of ether oxygens (including phenoxy) is 1. The van der Waals surface area contributed by atoms with Crippen LogP contribution in [0.25, 0.3) is 0 Å². The highest BCUT2D eigenvalue weighted by atomic mass is 35.5. The summed E-state index contributed by atoms with van der Waals surface area (Å²) in [5.41, 5.74) is 1.31. The molecule has 0 bridgehead atoms. The molecule has 0 N–H and O–H groups in total. The highest BCUT2D eigenvalue weighted by Gasteiger charge is 2.14. The zero-order valence-corrected chi connectivity index (χ0v) is 15.1. The molecule has 0 saturated heterocycles. The summed E-state index contributed by atoms with van der Waals surface area (Å²) < 4.78 is 6.15. The lowest BCUT2D eigenvalue weighted by Gasteiger charge is -2.28. The van der Waals surface area contributed by atoms with Crippen LogP contribution in [-0.2, 0) is 6.42 Å². The van der Waals surface area contributed by atoms with Gasteiger partial charge in [-0.25, -0.2) is 0 Å². The van der Waals surface area contributed by atoms with Gasteiger partial charge in [0.05, 0.1) is 0 Å². The second kappa shape index (κ2) is 12.1. The molecule has 0 heterocycles. The third kappa shape index (κ3) is 7.39. The van der Waals surface area contributed by atoms with E-state index in [0.29, 0.717) is 5.88 Å². The van der Waals surface area contributed by atoms with Gasteiger partial charge in [-0.1, -0.05) is 44.9 Å². The first-order valence-electron chi connectivity index (χ1n) is 7.77. The summed E-state index contributed by atoms with van der Waals surface area (Å²) in [5.74, 6) is 1.66. The maximum absolute atomic E-state index is 6.15. The van der Waals surface area contributed by atoms with E-state index < -0.39 is 0 Å². The number of aryl methyl sites for hydroxylation is 1. The molecule has 2 nitrogen and oxygen atoms in total. The average Bonchev–Trinajstić information content (AvgIpc) is 2.46. The molecule has 1 aromatic carbocycles. The molecule has 1 rings (SSSR count). The fourth-order valence-electron chi connectivity index (χ4n) is 2.35. The van der Waals surface area contributed by atoms with Crippen molar-refractivity contribution in [3.63, 3.8) is 0 Å². The van der Waals surface area contributed by atoms with Crippen molar-refractivity contribution in [3.05, 3.63) is 29.8 Å². The van der Waals surface area contributed by atoms with Crippen LogP contribution >= 0.6 is 24.0 Å². The molecule has 0 saturated carbocycles. The summed E-state index contributed by atoms with van der Waals surface area (Å²) in [6.45, 7) is 8.28. The third-order valence-electron chi connectivity index (χ3n) is 3.61. The number of alkyl halides is 1. The zero-order valence-electron chi connectivity index (χ0n) is 13.5. The predicted octanol–water partition coefficient (Wildman–Crippen LogP) is 5.13. The summed E-state index contributed by atoms with van der Waals surface area (Å²) in [6, 6.07) is 8.39. The van der Waals surface area contributed by atoms with Gasteiger partial charge in [0.2, 0.25) is 0 Å². The SMILES string of the molecule is CCCCCc1ccccc1OC(C)N(CC)CCCl.Cl. The topological polar surface area (TPSA) is 12.5 Å². The smallest absolute Gasteiger partial charge is 0.149 e. The number of unbranched alkanes of at least 4 members (excludes halogenated alkanes) is 2. The Balaban J connectivity index is 0.00000400. The second-order valence-corrected chi connectivity index (χ2v) is 5.48. The van der Waals surface area contributed by atoms with Crippen LogP contribution in [0.2, 0.25) is 0 Å². The van der Waals surface area contributed by atoms with Crippen LogP contribution in [0.5, 0.6) is 5.75 Å². The number of halogens is 2. The molecule has 0 radical (unpaired) electrons. The van der Waals surface area contributed by atoms with E-state index in [4.69, 9.17) is 16.3 Å². The number of hydrogen-bond acceptors (Lipinski definition) is 2. The summed E-state index contributed by atoms with van der Waals surface area (Å²) in [5, 5.41) is 0. The highest BCUT2D eigenvalue weighted by Crippen LogP contribution is 2.22. The van der Waals surface area contributed by atoms with Gasteiger partial charge in [-0.2, -0.15) is 0 Å². The van der Waals surface area contributed by atoms with Crippen molar-refractivity contribution in [2.45, 2.75) is 52.7 Å². The third-order valence-corrected chi connectivity index (χ3v) is 3.78. The van der Waals surface area contributed by atoms with Crippen molar-refractivity contribution in [2.75, 3.05) is 19.0 Å². The summed E-state index contributed by atoms with van der Waals surface area (Å²) in [4.78, 5) is 2.25.